The summed E-state index contributed by atoms with van der Waals surface area (Å²) in [4.78, 5) is 0. The van der Waals surface area contributed by atoms with E-state index in [4.69, 9.17) is 47.1 Å². The Morgan fingerprint density at radius 1 is 0.385 bits per heavy atom. The molecular weight excluding hydrogens is 795 g/mol. The van der Waals surface area contributed by atoms with E-state index in [1.807, 2.05) is 0 Å². The normalized spacial score (nSPS) is 12.2. The van der Waals surface area contributed by atoms with Crippen molar-refractivity contribution in [1.82, 2.24) is 0 Å². The van der Waals surface area contributed by atoms with Gasteiger partial charge >= 0.3 is 0 Å². The zero-order valence-corrected chi connectivity index (χ0v) is 35.4. The molecule has 12 heteroatoms. The molecule has 0 bridgehead atoms. The van der Waals surface area contributed by atoms with Gasteiger partial charge in [0.1, 0.15) is 0 Å². The van der Waals surface area contributed by atoms with Crippen LogP contribution < -0.4 is 10.4 Å². The van der Waals surface area contributed by atoms with E-state index < -0.39 is 8.32 Å². The van der Waals surface area contributed by atoms with Crippen LogP contribution in [0.25, 0.3) is 0 Å². The number of hydrogen-bond acceptors (Lipinski definition) is 10. The van der Waals surface area contributed by atoms with Crippen molar-refractivity contribution in [2.75, 3.05) is 130 Å². The highest BCUT2D eigenvalue weighted by Gasteiger charge is 2.50. The van der Waals surface area contributed by atoms with Gasteiger partial charge < -0.3 is 47.1 Å². The van der Waals surface area contributed by atoms with Gasteiger partial charge in [-0.3, -0.25) is 0 Å². The van der Waals surface area contributed by atoms with Crippen molar-refractivity contribution >= 4 is 41.3 Å². The van der Waals surface area contributed by atoms with E-state index in [0.717, 1.165) is 13.0 Å². The van der Waals surface area contributed by atoms with Gasteiger partial charge in [-0.2, -0.15) is 0 Å². The summed E-state index contributed by atoms with van der Waals surface area (Å²) in [5.41, 5.74) is 0. The molecule has 298 valence electrons. The lowest BCUT2D eigenvalue weighted by molar-refractivity contribution is -0.0254. The summed E-state index contributed by atoms with van der Waals surface area (Å²) < 4.78 is 58.4. The smallest absolute Gasteiger partial charge is 0.261 e. The fraction of sp³-hybridized carbons (Fsp3) is 0.700. The monoisotopic (exact) mass is 862 g/mol. The number of halogens is 1. The second kappa shape index (κ2) is 32.3. The van der Waals surface area contributed by atoms with Gasteiger partial charge in [0.05, 0.1) is 119 Å². The van der Waals surface area contributed by atoms with E-state index in [9.17, 15) is 0 Å². The van der Waals surface area contributed by atoms with Crippen LogP contribution in [-0.4, -0.2) is 138 Å². The summed E-state index contributed by atoms with van der Waals surface area (Å²) in [5, 5.41) is 2.49. The average molecular weight is 863 g/mol. The van der Waals surface area contributed by atoms with Gasteiger partial charge in [0.2, 0.25) is 0 Å². The number of ether oxygens (including phenoxy) is 9. The number of benzene rings is 2. The van der Waals surface area contributed by atoms with Crippen molar-refractivity contribution in [3.8, 4) is 0 Å². The third-order valence-electron chi connectivity index (χ3n) is 8.11. The fourth-order valence-corrected chi connectivity index (χ4v) is 10.6. The Kier molecular flexibility index (Phi) is 29.2. The van der Waals surface area contributed by atoms with E-state index in [1.54, 1.807) is 0 Å². The predicted molar refractivity (Wildman–Crippen MR) is 218 cm³/mol. The molecule has 0 radical (unpaired) electrons. The molecule has 0 N–H and O–H groups in total. The van der Waals surface area contributed by atoms with Crippen LogP contribution in [0.4, 0.5) is 0 Å². The predicted octanol–water partition coefficient (Wildman–Crippen LogP) is 5.71. The lowest BCUT2D eigenvalue weighted by Gasteiger charge is -2.43. The van der Waals surface area contributed by atoms with Crippen molar-refractivity contribution < 1.29 is 47.1 Å². The van der Waals surface area contributed by atoms with Crippen molar-refractivity contribution in [3.05, 3.63) is 60.7 Å². The van der Waals surface area contributed by atoms with Gasteiger partial charge in [-0.25, -0.2) is 0 Å². The van der Waals surface area contributed by atoms with Crippen molar-refractivity contribution in [2.24, 2.45) is 0 Å². The Morgan fingerprint density at radius 3 is 0.981 bits per heavy atom. The number of unbranched alkanes of at least 4 members (excludes halogenated alkanes) is 3. The summed E-state index contributed by atoms with van der Waals surface area (Å²) in [7, 11) is -2.53. The third-order valence-corrected chi connectivity index (χ3v) is 13.9. The third kappa shape index (κ3) is 21.8. The highest BCUT2D eigenvalue weighted by atomic mass is 127. The molecule has 10 nitrogen and oxygen atoms in total. The molecule has 0 heterocycles. The molecule has 0 amide bonds. The minimum atomic E-state index is -2.53. The molecule has 2 rings (SSSR count). The summed E-state index contributed by atoms with van der Waals surface area (Å²) in [6, 6.07) is 21.3. The summed E-state index contributed by atoms with van der Waals surface area (Å²) in [5.74, 6) is 0. The summed E-state index contributed by atoms with van der Waals surface area (Å²) >= 11 is 2.42. The molecule has 0 atom stereocenters. The maximum absolute atomic E-state index is 6.85. The van der Waals surface area contributed by atoms with Crippen LogP contribution in [0.5, 0.6) is 0 Å². The van der Waals surface area contributed by atoms with Crippen LogP contribution in [0.15, 0.2) is 60.7 Å². The van der Waals surface area contributed by atoms with Gasteiger partial charge in [-0.1, -0.05) is 117 Å². The summed E-state index contributed by atoms with van der Waals surface area (Å²) in [6.07, 6.45) is 4.98. The standard InChI is InChI=1S/C40H67IO10Si/c1-40(2,3)52(38-14-8-6-9-15-38,39-16-10-7-11-17-39)51-37-36-50-35-34-49-33-32-48-31-30-47-29-28-46-27-26-45-25-24-44-23-22-43-21-20-42-19-13-5-4-12-18-41/h6-11,14-17H,4-5,12-13,18-37H2,1-3H3. The molecule has 0 aliphatic rings. The molecular formula is C40H67IO10Si. The molecule has 0 saturated heterocycles. The van der Waals surface area contributed by atoms with E-state index >= 15 is 0 Å². The van der Waals surface area contributed by atoms with Crippen LogP contribution in [0.3, 0.4) is 0 Å². The lowest BCUT2D eigenvalue weighted by atomic mass is 10.2. The zero-order chi connectivity index (χ0) is 37.3. The second-order valence-electron chi connectivity index (χ2n) is 13.1. The SMILES string of the molecule is CC(C)(C)[Si](OCCOCCOCCOCCOCCOCCOCCOCCOCCOCCCCCCI)(c1ccccc1)c1ccccc1. The maximum Gasteiger partial charge on any atom is 0.261 e. The first kappa shape index (κ1) is 47.1. The Labute approximate surface area is 329 Å². The van der Waals surface area contributed by atoms with Gasteiger partial charge in [-0.05, 0) is 32.7 Å². The van der Waals surface area contributed by atoms with Crippen LogP contribution in [0.1, 0.15) is 46.5 Å². The topological polar surface area (TPSA) is 92.3 Å². The zero-order valence-electron chi connectivity index (χ0n) is 32.2. The molecule has 0 fully saturated rings. The van der Waals surface area contributed by atoms with Gasteiger partial charge in [0.15, 0.2) is 0 Å². The Morgan fingerprint density at radius 2 is 0.673 bits per heavy atom. The van der Waals surface area contributed by atoms with Crippen molar-refractivity contribution in [1.29, 1.82) is 0 Å². The first-order chi connectivity index (χ1) is 25.5. The highest BCUT2D eigenvalue weighted by molar-refractivity contribution is 14.1. The number of alkyl halides is 1. The Balaban J connectivity index is 1.32. The maximum atomic E-state index is 6.85. The van der Waals surface area contributed by atoms with Crippen molar-refractivity contribution in [3.63, 3.8) is 0 Å². The first-order valence-corrected chi connectivity index (χ1v) is 22.5. The Hall–Kier alpha value is -1.01. The van der Waals surface area contributed by atoms with Crippen molar-refractivity contribution in [2.45, 2.75) is 51.5 Å². The van der Waals surface area contributed by atoms with Gasteiger partial charge in [-0.15, -0.1) is 0 Å². The molecule has 2 aromatic carbocycles. The highest BCUT2D eigenvalue weighted by Crippen LogP contribution is 2.36. The second-order valence-corrected chi connectivity index (χ2v) is 18.5. The molecule has 0 aliphatic carbocycles. The molecule has 0 aliphatic heterocycles. The molecule has 52 heavy (non-hydrogen) atoms. The number of rotatable bonds is 36. The van der Waals surface area contributed by atoms with E-state index in [2.05, 4.69) is 104 Å². The van der Waals surface area contributed by atoms with E-state index in [0.29, 0.717) is 119 Å². The van der Waals surface area contributed by atoms with E-state index in [1.165, 1.54) is 34.1 Å². The molecule has 0 unspecified atom stereocenters. The minimum absolute atomic E-state index is 0.0523. The van der Waals surface area contributed by atoms with Crippen LogP contribution in [0, 0.1) is 0 Å². The summed E-state index contributed by atoms with van der Waals surface area (Å²) in [6.45, 7) is 17.3. The van der Waals surface area contributed by atoms with Gasteiger partial charge in [0, 0.05) is 6.61 Å². The Bertz CT molecular complexity index is 1010. The fourth-order valence-electron chi connectivity index (χ4n) is 5.53. The van der Waals surface area contributed by atoms with Crippen LogP contribution >= 0.6 is 22.6 Å². The molecule has 0 saturated carbocycles. The molecule has 2 aromatic rings. The largest absolute Gasteiger partial charge is 0.405 e. The first-order valence-electron chi connectivity index (χ1n) is 19.0. The molecule has 0 spiro atoms. The van der Waals surface area contributed by atoms with E-state index in [-0.39, 0.29) is 5.04 Å². The number of hydrogen-bond donors (Lipinski definition) is 0. The quantitative estimate of drug-likeness (QED) is 0.0368. The van der Waals surface area contributed by atoms with Crippen LogP contribution in [-0.2, 0) is 47.1 Å². The minimum Gasteiger partial charge on any atom is -0.405 e. The van der Waals surface area contributed by atoms with Gasteiger partial charge in [0.25, 0.3) is 8.32 Å². The lowest BCUT2D eigenvalue weighted by Crippen LogP contribution is -2.66. The van der Waals surface area contributed by atoms with Crippen LogP contribution in [0.2, 0.25) is 5.04 Å². The molecule has 0 aromatic heterocycles. The average Bonchev–Trinajstić information content (AvgIpc) is 3.15.